The van der Waals surface area contributed by atoms with E-state index in [9.17, 15) is 15.0 Å². The van der Waals surface area contributed by atoms with E-state index in [0.717, 1.165) is 0 Å². The number of hydrogen-bond donors (Lipinski definition) is 2. The SMILES string of the molecule is O=c1c(O)c(-c2ccccc2)oc2cc3c(c(O)c12)OCO3. The van der Waals surface area contributed by atoms with Crippen molar-refractivity contribution in [3.8, 4) is 34.3 Å². The van der Waals surface area contributed by atoms with Crippen molar-refractivity contribution in [2.45, 2.75) is 0 Å². The zero-order chi connectivity index (χ0) is 15.3. The molecule has 0 aliphatic carbocycles. The van der Waals surface area contributed by atoms with Gasteiger partial charge in [0.1, 0.15) is 11.0 Å². The number of phenolic OH excluding ortho intramolecular Hbond substituents is 1. The Bertz CT molecular complexity index is 942. The highest BCUT2D eigenvalue weighted by molar-refractivity contribution is 5.91. The Balaban J connectivity index is 2.09. The molecule has 2 N–H and O–H groups in total. The highest BCUT2D eigenvalue weighted by Crippen LogP contribution is 2.45. The maximum absolute atomic E-state index is 12.4. The average Bonchev–Trinajstić information content (AvgIpc) is 3.00. The van der Waals surface area contributed by atoms with Crippen LogP contribution in [-0.2, 0) is 0 Å². The minimum Gasteiger partial charge on any atom is -0.504 e. The van der Waals surface area contributed by atoms with Crippen molar-refractivity contribution in [3.05, 3.63) is 46.6 Å². The lowest BCUT2D eigenvalue weighted by Crippen LogP contribution is -2.03. The van der Waals surface area contributed by atoms with Crippen LogP contribution in [0.4, 0.5) is 0 Å². The highest BCUT2D eigenvalue weighted by Gasteiger charge is 2.26. The zero-order valence-corrected chi connectivity index (χ0v) is 11.2. The molecule has 0 fully saturated rings. The maximum atomic E-state index is 12.4. The van der Waals surface area contributed by atoms with Gasteiger partial charge in [-0.15, -0.1) is 0 Å². The second-order valence-corrected chi connectivity index (χ2v) is 4.81. The zero-order valence-electron chi connectivity index (χ0n) is 11.2. The van der Waals surface area contributed by atoms with Gasteiger partial charge in [-0.1, -0.05) is 30.3 Å². The third kappa shape index (κ3) is 1.64. The molecule has 0 saturated carbocycles. The first-order chi connectivity index (χ1) is 10.7. The molecule has 0 radical (unpaired) electrons. The van der Waals surface area contributed by atoms with Crippen LogP contribution >= 0.6 is 0 Å². The van der Waals surface area contributed by atoms with E-state index in [1.807, 2.05) is 6.07 Å². The molecule has 6 heteroatoms. The van der Waals surface area contributed by atoms with Gasteiger partial charge in [-0.2, -0.15) is 0 Å². The first kappa shape index (κ1) is 12.6. The quantitative estimate of drug-likeness (QED) is 0.718. The van der Waals surface area contributed by atoms with E-state index in [-0.39, 0.29) is 35.0 Å². The summed E-state index contributed by atoms with van der Waals surface area (Å²) in [5, 5.41) is 20.2. The number of benzene rings is 2. The predicted octanol–water partition coefficient (Wildman–Crippen LogP) is 2.60. The number of hydrogen-bond acceptors (Lipinski definition) is 6. The molecular weight excluding hydrogens is 288 g/mol. The summed E-state index contributed by atoms with van der Waals surface area (Å²) in [5.74, 6) is -0.553. The molecule has 0 atom stereocenters. The Morgan fingerprint density at radius 3 is 2.55 bits per heavy atom. The number of fused-ring (bicyclic) bond motifs is 2. The number of phenols is 1. The molecule has 0 bridgehead atoms. The Labute approximate surface area is 123 Å². The minimum absolute atomic E-state index is 0.0383. The van der Waals surface area contributed by atoms with Gasteiger partial charge >= 0.3 is 0 Å². The standard InChI is InChI=1S/C16H10O6/c17-12-11-9(6-10-16(13(11)18)21-7-20-10)22-15(14(12)19)8-4-2-1-3-5-8/h1-6,18-19H,7H2. The van der Waals surface area contributed by atoms with Crippen molar-refractivity contribution in [2.24, 2.45) is 0 Å². The largest absolute Gasteiger partial charge is 0.504 e. The van der Waals surface area contributed by atoms with Crippen LogP contribution in [0.5, 0.6) is 23.0 Å². The fraction of sp³-hybridized carbons (Fsp3) is 0.0625. The molecule has 0 spiro atoms. The molecule has 0 saturated heterocycles. The van der Waals surface area contributed by atoms with E-state index >= 15 is 0 Å². The molecule has 2 heterocycles. The first-order valence-electron chi connectivity index (χ1n) is 6.53. The van der Waals surface area contributed by atoms with Crippen LogP contribution in [0.1, 0.15) is 0 Å². The van der Waals surface area contributed by atoms with Crippen molar-refractivity contribution in [1.29, 1.82) is 0 Å². The number of ether oxygens (including phenoxy) is 2. The van der Waals surface area contributed by atoms with Crippen LogP contribution in [0.25, 0.3) is 22.3 Å². The van der Waals surface area contributed by atoms with Gasteiger partial charge in [0.05, 0.1) is 0 Å². The number of aromatic hydroxyl groups is 2. The van der Waals surface area contributed by atoms with Crippen LogP contribution in [0.3, 0.4) is 0 Å². The van der Waals surface area contributed by atoms with Gasteiger partial charge in [0.15, 0.2) is 17.3 Å². The molecule has 4 rings (SSSR count). The Hall–Kier alpha value is -3.15. The van der Waals surface area contributed by atoms with Gasteiger partial charge in [0.2, 0.25) is 23.7 Å². The molecule has 22 heavy (non-hydrogen) atoms. The molecule has 6 nitrogen and oxygen atoms in total. The molecule has 0 unspecified atom stereocenters. The molecule has 110 valence electrons. The summed E-state index contributed by atoms with van der Waals surface area (Å²) < 4.78 is 15.9. The third-order valence-corrected chi connectivity index (χ3v) is 3.51. The molecular formula is C16H10O6. The van der Waals surface area contributed by atoms with Gasteiger partial charge in [-0.25, -0.2) is 0 Å². The van der Waals surface area contributed by atoms with Crippen molar-refractivity contribution < 1.29 is 24.1 Å². The van der Waals surface area contributed by atoms with Gasteiger partial charge in [0, 0.05) is 11.6 Å². The van der Waals surface area contributed by atoms with Crippen LogP contribution in [0.15, 0.2) is 45.6 Å². The Morgan fingerprint density at radius 2 is 1.77 bits per heavy atom. The maximum Gasteiger partial charge on any atom is 0.238 e. The first-order valence-corrected chi connectivity index (χ1v) is 6.53. The van der Waals surface area contributed by atoms with Crippen molar-refractivity contribution >= 4 is 11.0 Å². The van der Waals surface area contributed by atoms with Gasteiger partial charge in [-0.3, -0.25) is 4.79 Å². The second kappa shape index (κ2) is 4.42. The molecule has 1 aromatic heterocycles. The summed E-state index contributed by atoms with van der Waals surface area (Å²) in [6.45, 7) is -0.0507. The van der Waals surface area contributed by atoms with E-state index < -0.39 is 16.9 Å². The average molecular weight is 298 g/mol. The van der Waals surface area contributed by atoms with Gasteiger partial charge in [-0.05, 0) is 0 Å². The summed E-state index contributed by atoms with van der Waals surface area (Å²) in [7, 11) is 0. The monoisotopic (exact) mass is 298 g/mol. The van der Waals surface area contributed by atoms with E-state index in [2.05, 4.69) is 0 Å². The molecule has 0 amide bonds. The smallest absolute Gasteiger partial charge is 0.238 e. The molecule has 1 aliphatic heterocycles. The van der Waals surface area contributed by atoms with E-state index in [1.165, 1.54) is 6.07 Å². The second-order valence-electron chi connectivity index (χ2n) is 4.81. The summed E-state index contributed by atoms with van der Waals surface area (Å²) in [5.41, 5.74) is -0.0598. The lowest BCUT2D eigenvalue weighted by Gasteiger charge is -2.08. The summed E-state index contributed by atoms with van der Waals surface area (Å²) in [4.78, 5) is 12.4. The number of rotatable bonds is 1. The Morgan fingerprint density at radius 1 is 1.00 bits per heavy atom. The van der Waals surface area contributed by atoms with Gasteiger partial charge in [0.25, 0.3) is 0 Å². The fourth-order valence-electron chi connectivity index (χ4n) is 2.47. The summed E-state index contributed by atoms with van der Waals surface area (Å²) in [6, 6.07) is 10.2. The van der Waals surface area contributed by atoms with Crippen LogP contribution in [0, 0.1) is 0 Å². The summed E-state index contributed by atoms with van der Waals surface area (Å²) in [6.07, 6.45) is 0. The molecule has 2 aromatic carbocycles. The predicted molar refractivity (Wildman–Crippen MR) is 77.4 cm³/mol. The summed E-state index contributed by atoms with van der Waals surface area (Å²) >= 11 is 0. The van der Waals surface area contributed by atoms with Crippen molar-refractivity contribution in [2.75, 3.05) is 6.79 Å². The van der Waals surface area contributed by atoms with Crippen LogP contribution in [0.2, 0.25) is 0 Å². The van der Waals surface area contributed by atoms with Crippen molar-refractivity contribution in [1.82, 2.24) is 0 Å². The third-order valence-electron chi connectivity index (χ3n) is 3.51. The molecule has 3 aromatic rings. The Kier molecular flexibility index (Phi) is 2.53. The topological polar surface area (TPSA) is 89.1 Å². The molecule has 1 aliphatic rings. The highest BCUT2D eigenvalue weighted by atomic mass is 16.7. The normalized spacial score (nSPS) is 12.7. The lowest BCUT2D eigenvalue weighted by atomic mass is 10.1. The van der Waals surface area contributed by atoms with E-state index in [1.54, 1.807) is 24.3 Å². The fourth-order valence-corrected chi connectivity index (χ4v) is 2.47. The minimum atomic E-state index is -0.726. The van der Waals surface area contributed by atoms with Gasteiger partial charge < -0.3 is 24.1 Å². The lowest BCUT2D eigenvalue weighted by molar-refractivity contribution is 0.171. The van der Waals surface area contributed by atoms with Crippen molar-refractivity contribution in [3.63, 3.8) is 0 Å². The van der Waals surface area contributed by atoms with Crippen LogP contribution < -0.4 is 14.9 Å². The van der Waals surface area contributed by atoms with E-state index in [4.69, 9.17) is 13.9 Å². The van der Waals surface area contributed by atoms with Crippen LogP contribution in [-0.4, -0.2) is 17.0 Å². The van der Waals surface area contributed by atoms with E-state index in [0.29, 0.717) is 5.56 Å².